The highest BCUT2D eigenvalue weighted by atomic mass is 32.1. The van der Waals surface area contributed by atoms with E-state index >= 15 is 0 Å². The molecule has 2 aromatic carbocycles. The zero-order valence-corrected chi connectivity index (χ0v) is 24.0. The van der Waals surface area contributed by atoms with E-state index in [0.29, 0.717) is 11.5 Å². The van der Waals surface area contributed by atoms with Crippen molar-refractivity contribution >= 4 is 34.6 Å². The van der Waals surface area contributed by atoms with Gasteiger partial charge in [0.15, 0.2) is 5.11 Å². The summed E-state index contributed by atoms with van der Waals surface area (Å²) in [6.07, 6.45) is 3.22. The van der Waals surface area contributed by atoms with E-state index in [1.165, 1.54) is 28.2 Å². The molecule has 0 saturated carbocycles. The van der Waals surface area contributed by atoms with Crippen molar-refractivity contribution in [1.82, 2.24) is 14.9 Å². The SMILES string of the molecule is CCC(=O)Nc1ccc(N2C(=S)NC(c3ccccn3)C2c2cc(C)n(-c3ccccc3CC)c2C)cc1C. The Bertz CT molecular complexity index is 1530. The molecule has 7 heteroatoms. The average Bonchev–Trinajstić information content (AvgIpc) is 3.44. The molecule has 0 spiro atoms. The van der Waals surface area contributed by atoms with Crippen LogP contribution in [-0.4, -0.2) is 20.6 Å². The van der Waals surface area contributed by atoms with Crippen LogP contribution < -0.4 is 15.5 Å². The number of amides is 1. The topological polar surface area (TPSA) is 62.2 Å². The predicted molar refractivity (Wildman–Crippen MR) is 163 cm³/mol. The fourth-order valence-electron chi connectivity index (χ4n) is 5.61. The number of hydrogen-bond acceptors (Lipinski definition) is 3. The van der Waals surface area contributed by atoms with Crippen LogP contribution in [0.2, 0.25) is 0 Å². The Morgan fingerprint density at radius 2 is 1.79 bits per heavy atom. The number of pyridine rings is 1. The summed E-state index contributed by atoms with van der Waals surface area (Å²) < 4.78 is 2.36. The lowest BCUT2D eigenvalue weighted by molar-refractivity contribution is -0.115. The Kier molecular flexibility index (Phi) is 7.53. The van der Waals surface area contributed by atoms with Gasteiger partial charge in [0.1, 0.15) is 0 Å². The number of para-hydroxylation sites is 1. The number of aryl methyl sites for hydroxylation is 3. The molecule has 4 aromatic rings. The van der Waals surface area contributed by atoms with E-state index < -0.39 is 0 Å². The van der Waals surface area contributed by atoms with Crippen molar-refractivity contribution in [2.45, 2.75) is 59.5 Å². The van der Waals surface area contributed by atoms with Gasteiger partial charge in [0.2, 0.25) is 5.91 Å². The molecular weight excluding hydrogens is 502 g/mol. The number of nitrogens with one attached hydrogen (secondary N) is 2. The van der Waals surface area contributed by atoms with Gasteiger partial charge in [0.25, 0.3) is 0 Å². The van der Waals surface area contributed by atoms with Crippen LogP contribution in [0, 0.1) is 20.8 Å². The summed E-state index contributed by atoms with van der Waals surface area (Å²) in [5.41, 5.74) is 9.79. The second-order valence-corrected chi connectivity index (χ2v) is 10.4. The van der Waals surface area contributed by atoms with Gasteiger partial charge in [-0.05, 0) is 98.6 Å². The van der Waals surface area contributed by atoms with Gasteiger partial charge in [-0.15, -0.1) is 0 Å². The number of hydrogen-bond donors (Lipinski definition) is 2. The molecule has 1 fully saturated rings. The second kappa shape index (κ2) is 11.0. The van der Waals surface area contributed by atoms with E-state index in [4.69, 9.17) is 17.2 Å². The molecular formula is C32H35N5OS. The number of aromatic nitrogens is 2. The molecule has 6 nitrogen and oxygen atoms in total. The smallest absolute Gasteiger partial charge is 0.224 e. The van der Waals surface area contributed by atoms with Crippen LogP contribution >= 0.6 is 12.2 Å². The van der Waals surface area contributed by atoms with Gasteiger partial charge in [0.05, 0.1) is 17.8 Å². The monoisotopic (exact) mass is 537 g/mol. The number of carbonyl (C=O) groups is 1. The molecule has 1 aliphatic heterocycles. The summed E-state index contributed by atoms with van der Waals surface area (Å²) in [5, 5.41) is 7.22. The van der Waals surface area contributed by atoms with Crippen molar-refractivity contribution in [3.8, 4) is 5.69 Å². The molecule has 1 amide bonds. The molecule has 2 atom stereocenters. The van der Waals surface area contributed by atoms with Crippen molar-refractivity contribution < 1.29 is 4.79 Å². The lowest BCUT2D eigenvalue weighted by Gasteiger charge is -2.29. The van der Waals surface area contributed by atoms with Gasteiger partial charge < -0.3 is 20.1 Å². The molecule has 0 radical (unpaired) electrons. The Labute approximate surface area is 236 Å². The third kappa shape index (κ3) is 4.94. The Morgan fingerprint density at radius 3 is 2.49 bits per heavy atom. The van der Waals surface area contributed by atoms with E-state index in [9.17, 15) is 4.79 Å². The van der Waals surface area contributed by atoms with Crippen LogP contribution in [0.15, 0.2) is 72.9 Å². The van der Waals surface area contributed by atoms with Gasteiger partial charge in [-0.3, -0.25) is 9.78 Å². The largest absolute Gasteiger partial charge is 0.351 e. The zero-order chi connectivity index (χ0) is 27.7. The van der Waals surface area contributed by atoms with E-state index in [1.807, 2.05) is 44.3 Å². The third-order valence-corrected chi connectivity index (χ3v) is 7.90. The maximum atomic E-state index is 12.0. The molecule has 200 valence electrons. The second-order valence-electron chi connectivity index (χ2n) is 10.0. The van der Waals surface area contributed by atoms with E-state index in [0.717, 1.165) is 29.1 Å². The highest BCUT2D eigenvalue weighted by Gasteiger charge is 2.42. The minimum atomic E-state index is -0.131. The van der Waals surface area contributed by atoms with E-state index in [-0.39, 0.29) is 18.0 Å². The standard InChI is InChI=1S/C32H35N5OS/c1-6-23-12-8-9-14-28(23)36-21(4)19-25(22(36)5)31-30(27-13-10-11-17-33-27)35-32(39)37(31)24-15-16-26(20(3)18-24)34-29(38)7-2/h8-19,30-31H,6-7H2,1-5H3,(H,34,38)(H,35,39). The molecule has 2 aromatic heterocycles. The lowest BCUT2D eigenvalue weighted by atomic mass is 9.96. The summed E-state index contributed by atoms with van der Waals surface area (Å²) in [7, 11) is 0. The molecule has 1 aliphatic rings. The van der Waals surface area contributed by atoms with Crippen LogP contribution in [0.25, 0.3) is 5.69 Å². The fourth-order valence-corrected chi connectivity index (χ4v) is 5.96. The Morgan fingerprint density at radius 1 is 1.03 bits per heavy atom. The molecule has 1 saturated heterocycles. The van der Waals surface area contributed by atoms with Crippen molar-refractivity contribution in [3.05, 3.63) is 107 Å². The zero-order valence-electron chi connectivity index (χ0n) is 23.2. The number of nitrogens with zero attached hydrogens (tertiary/aromatic N) is 3. The fraction of sp³-hybridized carbons (Fsp3) is 0.281. The van der Waals surface area contributed by atoms with E-state index in [2.05, 4.69) is 83.3 Å². The molecule has 3 heterocycles. The van der Waals surface area contributed by atoms with Crippen molar-refractivity contribution in [1.29, 1.82) is 0 Å². The summed E-state index contributed by atoms with van der Waals surface area (Å²) in [6.45, 7) is 10.4. The Hall–Kier alpha value is -3.97. The highest BCUT2D eigenvalue weighted by molar-refractivity contribution is 7.80. The molecule has 0 bridgehead atoms. The Balaban J connectivity index is 1.65. The first kappa shape index (κ1) is 26.6. The minimum absolute atomic E-state index is 0.00268. The lowest BCUT2D eigenvalue weighted by Crippen LogP contribution is -2.29. The normalized spacial score (nSPS) is 16.8. The summed E-state index contributed by atoms with van der Waals surface area (Å²) in [6, 6.07) is 22.7. The van der Waals surface area contributed by atoms with Crippen molar-refractivity contribution in [3.63, 3.8) is 0 Å². The first-order valence-corrected chi connectivity index (χ1v) is 13.9. The first-order valence-electron chi connectivity index (χ1n) is 13.5. The molecule has 39 heavy (non-hydrogen) atoms. The summed E-state index contributed by atoms with van der Waals surface area (Å²) >= 11 is 5.97. The molecule has 5 rings (SSSR count). The van der Waals surface area contributed by atoms with Gasteiger partial charge >= 0.3 is 0 Å². The van der Waals surface area contributed by atoms with Gasteiger partial charge in [-0.1, -0.05) is 38.1 Å². The summed E-state index contributed by atoms with van der Waals surface area (Å²) in [5.74, 6) is -0.00268. The number of rotatable bonds is 7. The van der Waals surface area contributed by atoms with E-state index in [1.54, 1.807) is 0 Å². The van der Waals surface area contributed by atoms with Gasteiger partial charge in [0, 0.05) is 41.1 Å². The number of thiocarbonyl (C=S) groups is 1. The predicted octanol–water partition coefficient (Wildman–Crippen LogP) is 6.89. The van der Waals surface area contributed by atoms with Crippen LogP contribution in [0.1, 0.15) is 66.1 Å². The van der Waals surface area contributed by atoms with Crippen LogP contribution in [0.3, 0.4) is 0 Å². The maximum absolute atomic E-state index is 12.0. The average molecular weight is 538 g/mol. The minimum Gasteiger partial charge on any atom is -0.351 e. The third-order valence-electron chi connectivity index (χ3n) is 7.58. The number of benzene rings is 2. The molecule has 2 N–H and O–H groups in total. The van der Waals surface area contributed by atoms with Crippen LogP contribution in [-0.2, 0) is 11.2 Å². The maximum Gasteiger partial charge on any atom is 0.224 e. The van der Waals surface area contributed by atoms with Crippen LogP contribution in [0.5, 0.6) is 0 Å². The number of anilines is 2. The molecule has 2 unspecified atom stereocenters. The quantitative estimate of drug-likeness (QED) is 0.252. The van der Waals surface area contributed by atoms with Gasteiger partial charge in [-0.25, -0.2) is 0 Å². The van der Waals surface area contributed by atoms with Crippen molar-refractivity contribution in [2.75, 3.05) is 10.2 Å². The van der Waals surface area contributed by atoms with Crippen molar-refractivity contribution in [2.24, 2.45) is 0 Å². The number of carbonyl (C=O) groups excluding carboxylic acids is 1. The summed E-state index contributed by atoms with van der Waals surface area (Å²) in [4.78, 5) is 18.9. The van der Waals surface area contributed by atoms with Gasteiger partial charge in [-0.2, -0.15) is 0 Å². The highest BCUT2D eigenvalue weighted by Crippen LogP contribution is 2.44. The molecule has 0 aliphatic carbocycles. The first-order chi connectivity index (χ1) is 18.8. The van der Waals surface area contributed by atoms with Crippen LogP contribution in [0.4, 0.5) is 11.4 Å².